The molecule has 0 saturated heterocycles. The van der Waals surface area contributed by atoms with Gasteiger partial charge >= 0.3 is 11.9 Å². The molecular weight excluding hydrogens is 424 g/mol. The normalized spacial score (nSPS) is 22.6. The lowest BCUT2D eigenvalue weighted by Gasteiger charge is -2.50. The second-order valence-electron chi connectivity index (χ2n) is 9.47. The lowest BCUT2D eigenvalue weighted by molar-refractivity contribution is 0.0685. The summed E-state index contributed by atoms with van der Waals surface area (Å²) in [7, 11) is 0. The van der Waals surface area contributed by atoms with Gasteiger partial charge in [0.05, 0.1) is 11.1 Å². The Morgan fingerprint density at radius 1 is 0.441 bits per heavy atom. The fourth-order valence-corrected chi connectivity index (χ4v) is 6.78. The van der Waals surface area contributed by atoms with Crippen molar-refractivity contribution in [2.75, 3.05) is 0 Å². The summed E-state index contributed by atoms with van der Waals surface area (Å²) in [5.41, 5.74) is 9.96. The molecule has 2 N–H and O–H groups in total. The Morgan fingerprint density at radius 2 is 0.735 bits per heavy atom. The van der Waals surface area contributed by atoms with Gasteiger partial charge in [-0.15, -0.1) is 0 Å². The molecule has 0 heterocycles. The van der Waals surface area contributed by atoms with Crippen molar-refractivity contribution >= 4 is 11.9 Å². The molecule has 4 aromatic carbocycles. The van der Waals surface area contributed by atoms with Gasteiger partial charge in [-0.2, -0.15) is 0 Å². The Morgan fingerprint density at radius 3 is 1.06 bits per heavy atom. The highest BCUT2D eigenvalue weighted by Gasteiger charge is 2.49. The van der Waals surface area contributed by atoms with E-state index in [1.807, 2.05) is 36.4 Å². The SMILES string of the molecule is O=C(O)c1ccc2c(c1)[C@H]1c3ccccc3[C@@H]2[C@H]2c3ccccc3[C@@H]1c1cc(C(=O)O)ccc12. The molecule has 0 unspecified atom stereocenters. The van der Waals surface area contributed by atoms with Crippen LogP contribution in [0.3, 0.4) is 0 Å². The summed E-state index contributed by atoms with van der Waals surface area (Å²) in [6.07, 6.45) is 0. The van der Waals surface area contributed by atoms with Gasteiger partial charge in [0.2, 0.25) is 0 Å². The molecular formula is C30H20O4. The van der Waals surface area contributed by atoms with Gasteiger partial charge in [0.1, 0.15) is 0 Å². The zero-order valence-electron chi connectivity index (χ0n) is 18.1. The van der Waals surface area contributed by atoms with Crippen LogP contribution in [0.1, 0.15) is 88.9 Å². The number of hydrogen-bond acceptors (Lipinski definition) is 2. The Labute approximate surface area is 196 Å². The first-order valence-corrected chi connectivity index (χ1v) is 11.5. The molecule has 0 aromatic heterocycles. The van der Waals surface area contributed by atoms with E-state index in [9.17, 15) is 19.8 Å². The smallest absolute Gasteiger partial charge is 0.335 e. The van der Waals surface area contributed by atoms with Gasteiger partial charge in [0.15, 0.2) is 0 Å². The van der Waals surface area contributed by atoms with E-state index in [1.54, 1.807) is 12.1 Å². The van der Waals surface area contributed by atoms with E-state index in [0.717, 1.165) is 11.1 Å². The maximum absolute atomic E-state index is 11.9. The van der Waals surface area contributed by atoms with Crippen LogP contribution >= 0.6 is 0 Å². The predicted molar refractivity (Wildman–Crippen MR) is 127 cm³/mol. The summed E-state index contributed by atoms with van der Waals surface area (Å²) in [5, 5.41) is 19.5. The van der Waals surface area contributed by atoms with Gasteiger partial charge in [-0.3, -0.25) is 0 Å². The number of benzene rings is 4. The van der Waals surface area contributed by atoms with E-state index < -0.39 is 11.9 Å². The quantitative estimate of drug-likeness (QED) is 0.401. The summed E-state index contributed by atoms with van der Waals surface area (Å²) in [4.78, 5) is 23.8. The van der Waals surface area contributed by atoms with Gasteiger partial charge in [0, 0.05) is 23.7 Å². The van der Waals surface area contributed by atoms with Gasteiger partial charge in [0.25, 0.3) is 0 Å². The minimum Gasteiger partial charge on any atom is -0.478 e. The van der Waals surface area contributed by atoms with E-state index in [4.69, 9.17) is 0 Å². The van der Waals surface area contributed by atoms with Gasteiger partial charge in [-0.1, -0.05) is 60.7 Å². The highest BCUT2D eigenvalue weighted by atomic mass is 16.4. The molecule has 0 radical (unpaired) electrons. The number of aromatic carboxylic acids is 2. The molecule has 0 amide bonds. The van der Waals surface area contributed by atoms with Crippen LogP contribution in [0.25, 0.3) is 0 Å². The molecule has 34 heavy (non-hydrogen) atoms. The lowest BCUT2D eigenvalue weighted by atomic mass is 9.53. The molecule has 4 aromatic rings. The average molecular weight is 444 g/mol. The molecule has 0 fully saturated rings. The molecule has 4 bridgehead atoms. The third kappa shape index (κ3) is 2.37. The molecule has 0 aliphatic heterocycles. The van der Waals surface area contributed by atoms with E-state index in [1.165, 1.54) is 33.4 Å². The van der Waals surface area contributed by atoms with Crippen molar-refractivity contribution < 1.29 is 19.8 Å². The first-order valence-electron chi connectivity index (χ1n) is 11.5. The Balaban J connectivity index is 1.63. The van der Waals surface area contributed by atoms with Crippen molar-refractivity contribution in [3.05, 3.63) is 141 Å². The molecule has 6 aliphatic carbocycles. The van der Waals surface area contributed by atoms with Gasteiger partial charge in [-0.05, 0) is 68.8 Å². The first-order chi connectivity index (χ1) is 16.5. The van der Waals surface area contributed by atoms with Crippen LogP contribution in [0.4, 0.5) is 0 Å². The maximum Gasteiger partial charge on any atom is 0.335 e. The third-order valence-electron chi connectivity index (χ3n) is 8.01. The zero-order valence-corrected chi connectivity index (χ0v) is 18.1. The van der Waals surface area contributed by atoms with Gasteiger partial charge < -0.3 is 10.2 Å². The predicted octanol–water partition coefficient (Wildman–Crippen LogP) is 5.95. The summed E-state index contributed by atoms with van der Waals surface area (Å²) in [6.45, 7) is 0. The number of carboxylic acids is 2. The molecule has 164 valence electrons. The summed E-state index contributed by atoms with van der Waals surface area (Å²) < 4.78 is 0. The van der Waals surface area contributed by atoms with Crippen molar-refractivity contribution in [1.82, 2.24) is 0 Å². The fraction of sp³-hybridized carbons (Fsp3) is 0.133. The van der Waals surface area contributed by atoms with Crippen LogP contribution in [0.5, 0.6) is 0 Å². The molecule has 4 atom stereocenters. The second-order valence-corrected chi connectivity index (χ2v) is 9.47. The van der Waals surface area contributed by atoms with Crippen molar-refractivity contribution in [2.45, 2.75) is 23.7 Å². The molecule has 10 rings (SSSR count). The van der Waals surface area contributed by atoms with Crippen LogP contribution in [0.15, 0.2) is 84.9 Å². The van der Waals surface area contributed by atoms with Crippen LogP contribution < -0.4 is 0 Å². The largest absolute Gasteiger partial charge is 0.478 e. The zero-order chi connectivity index (χ0) is 23.1. The van der Waals surface area contributed by atoms with Crippen LogP contribution in [-0.2, 0) is 0 Å². The Kier molecular flexibility index (Phi) is 3.79. The van der Waals surface area contributed by atoms with Crippen molar-refractivity contribution in [3.8, 4) is 0 Å². The van der Waals surface area contributed by atoms with Crippen LogP contribution in [0, 0.1) is 0 Å². The minimum absolute atomic E-state index is 0.0159. The van der Waals surface area contributed by atoms with E-state index in [2.05, 4.69) is 36.4 Å². The minimum atomic E-state index is -0.937. The molecule has 6 aliphatic rings. The molecule has 0 spiro atoms. The lowest BCUT2D eigenvalue weighted by Crippen LogP contribution is -2.36. The number of rotatable bonds is 2. The first kappa shape index (κ1) is 19.3. The van der Waals surface area contributed by atoms with E-state index >= 15 is 0 Å². The van der Waals surface area contributed by atoms with Crippen molar-refractivity contribution in [2.24, 2.45) is 0 Å². The molecule has 4 heteroatoms. The Bertz CT molecular complexity index is 1430. The summed E-state index contributed by atoms with van der Waals surface area (Å²) >= 11 is 0. The second kappa shape index (κ2) is 6.67. The van der Waals surface area contributed by atoms with Crippen molar-refractivity contribution in [1.29, 1.82) is 0 Å². The van der Waals surface area contributed by atoms with E-state index in [0.29, 0.717) is 0 Å². The van der Waals surface area contributed by atoms with Crippen LogP contribution in [-0.4, -0.2) is 22.2 Å². The number of carbonyl (C=O) groups is 2. The fourth-order valence-electron chi connectivity index (χ4n) is 6.78. The van der Waals surface area contributed by atoms with Crippen LogP contribution in [0.2, 0.25) is 0 Å². The topological polar surface area (TPSA) is 74.6 Å². The molecule has 0 saturated carbocycles. The van der Waals surface area contributed by atoms with Gasteiger partial charge in [-0.25, -0.2) is 9.59 Å². The monoisotopic (exact) mass is 444 g/mol. The number of carboxylic acid groups (broad SMARTS) is 2. The standard InChI is InChI=1S/C30H20O4/c31-29(32)15-9-11-21-23(13-15)27-19-7-3-1-5-17(19)25(21)26-18-6-2-4-8-20(18)28(27)24-14-16(30(33)34)10-12-22(24)26/h1-14,25-28H,(H,31,32)(H,33,34)/t25-,26-,27+,28+/m0/s1. The highest BCUT2D eigenvalue weighted by molar-refractivity contribution is 5.89. The average Bonchev–Trinajstić information content (AvgIpc) is 2.84. The highest BCUT2D eigenvalue weighted by Crippen LogP contribution is 2.63. The number of hydrogen-bond donors (Lipinski definition) is 2. The molecule has 4 nitrogen and oxygen atoms in total. The Hall–Kier alpha value is -4.18. The maximum atomic E-state index is 11.9. The van der Waals surface area contributed by atoms with E-state index in [-0.39, 0.29) is 34.8 Å². The summed E-state index contributed by atoms with van der Waals surface area (Å²) in [6, 6.07) is 28.1. The third-order valence-corrected chi connectivity index (χ3v) is 8.01. The van der Waals surface area contributed by atoms with Crippen molar-refractivity contribution in [3.63, 3.8) is 0 Å². The summed E-state index contributed by atoms with van der Waals surface area (Å²) in [5.74, 6) is -2.05.